The normalized spacial score (nSPS) is 14.8. The first-order valence-electron chi connectivity index (χ1n) is 28.9. The maximum atomic E-state index is 6.69. The van der Waals surface area contributed by atoms with E-state index in [1.165, 1.54) is 89.0 Å². The molecule has 12 aromatic rings. The van der Waals surface area contributed by atoms with Crippen LogP contribution in [0.5, 0.6) is 23.0 Å². The fraction of sp³-hybridized carbons (Fsp3) is 0.0500. The molecule has 2 aliphatic heterocycles. The zero-order valence-corrected chi connectivity index (χ0v) is 45.5. The summed E-state index contributed by atoms with van der Waals surface area (Å²) in [5, 5.41) is 0. The Balaban J connectivity index is 0.798. The van der Waals surface area contributed by atoms with E-state index in [-0.39, 0.29) is 0 Å². The molecule has 12 aromatic carbocycles. The Morgan fingerprint density at radius 2 is 0.735 bits per heavy atom. The largest absolute Gasteiger partial charge is 0.457 e. The van der Waals surface area contributed by atoms with Gasteiger partial charge < -0.3 is 14.4 Å². The first kappa shape index (κ1) is 47.3. The van der Waals surface area contributed by atoms with Gasteiger partial charge in [-0.05, 0) is 157 Å². The first-order chi connectivity index (χ1) is 41.1. The molecule has 0 saturated heterocycles. The Bertz CT molecular complexity index is 4590. The lowest BCUT2D eigenvalue weighted by Gasteiger charge is -2.40. The van der Waals surface area contributed by atoms with Crippen LogP contribution in [0.25, 0.3) is 55.7 Å². The predicted molar refractivity (Wildman–Crippen MR) is 338 cm³/mol. The fourth-order valence-corrected chi connectivity index (χ4v) is 14.9. The van der Waals surface area contributed by atoms with E-state index >= 15 is 0 Å². The lowest BCUT2D eigenvalue weighted by Crippen LogP contribution is -2.33. The van der Waals surface area contributed by atoms with Crippen molar-refractivity contribution in [3.05, 3.63) is 353 Å². The highest BCUT2D eigenvalue weighted by Crippen LogP contribution is 2.65. The second-order valence-corrected chi connectivity index (χ2v) is 22.5. The number of benzene rings is 12. The highest BCUT2D eigenvalue weighted by molar-refractivity contribution is 5.96. The monoisotopic (exact) mass is 1060 g/mol. The van der Waals surface area contributed by atoms with Gasteiger partial charge in [-0.1, -0.05) is 237 Å². The summed E-state index contributed by atoms with van der Waals surface area (Å²) in [4.78, 5) is 2.45. The minimum atomic E-state index is -0.526. The van der Waals surface area contributed by atoms with Crippen molar-refractivity contribution in [1.82, 2.24) is 0 Å². The summed E-state index contributed by atoms with van der Waals surface area (Å²) in [7, 11) is 0. The molecule has 5 aliphatic rings. The maximum Gasteiger partial charge on any atom is 0.132 e. The van der Waals surface area contributed by atoms with E-state index in [4.69, 9.17) is 9.47 Å². The minimum Gasteiger partial charge on any atom is -0.457 e. The SMILES string of the molecule is C1=C(c2ccc(N(c3cccc(-c4ccc5c(c4)-c4ccccc4C54c5ccccc5Oc5ccccc54)c3)c3ccccc3-c3ccc(-c4ccccc4)cc3)cc2)CCC2=C1C1(c3ccccc3Oc3ccccc31)c1ccccc12. The molecule has 2 spiro atoms. The number of allylic oxidation sites excluding steroid dienone is 4. The summed E-state index contributed by atoms with van der Waals surface area (Å²) in [5.41, 5.74) is 27.0. The van der Waals surface area contributed by atoms with Crippen LogP contribution in [-0.4, -0.2) is 0 Å². The number of hydrogen-bond acceptors (Lipinski definition) is 3. The molecule has 2 heterocycles. The smallest absolute Gasteiger partial charge is 0.132 e. The molecule has 3 heteroatoms. The zero-order chi connectivity index (χ0) is 54.6. The van der Waals surface area contributed by atoms with E-state index in [0.717, 1.165) is 75.2 Å². The summed E-state index contributed by atoms with van der Waals surface area (Å²) < 4.78 is 13.3. The molecule has 83 heavy (non-hydrogen) atoms. The molecule has 0 unspecified atom stereocenters. The Kier molecular flexibility index (Phi) is 10.6. The molecule has 0 saturated carbocycles. The van der Waals surface area contributed by atoms with E-state index in [1.54, 1.807) is 0 Å². The molecule has 0 fully saturated rings. The van der Waals surface area contributed by atoms with Gasteiger partial charge in [0.05, 0.1) is 16.5 Å². The van der Waals surface area contributed by atoms with Gasteiger partial charge in [-0.15, -0.1) is 0 Å². The lowest BCUT2D eigenvalue weighted by atomic mass is 9.64. The third kappa shape index (κ3) is 6.98. The third-order valence-corrected chi connectivity index (χ3v) is 18.4. The summed E-state index contributed by atoms with van der Waals surface area (Å²) in [6.07, 6.45) is 4.42. The van der Waals surface area contributed by atoms with Crippen LogP contribution in [0.4, 0.5) is 17.1 Å². The number of nitrogens with zero attached hydrogens (tertiary/aromatic N) is 1. The number of fused-ring (bicyclic) bond motifs is 17. The Hall–Kier alpha value is -10.5. The van der Waals surface area contributed by atoms with Crippen LogP contribution >= 0.6 is 0 Å². The van der Waals surface area contributed by atoms with Gasteiger partial charge >= 0.3 is 0 Å². The van der Waals surface area contributed by atoms with Crippen LogP contribution in [-0.2, 0) is 10.8 Å². The molecular weight excluding hydrogens is 1010 g/mol. The van der Waals surface area contributed by atoms with Crippen molar-refractivity contribution in [3.63, 3.8) is 0 Å². The van der Waals surface area contributed by atoms with Gasteiger partial charge in [0.25, 0.3) is 0 Å². The molecule has 0 radical (unpaired) electrons. The summed E-state index contributed by atoms with van der Waals surface area (Å²) >= 11 is 0. The van der Waals surface area contributed by atoms with Gasteiger partial charge in [0.2, 0.25) is 0 Å². The van der Waals surface area contributed by atoms with Gasteiger partial charge in [0, 0.05) is 39.2 Å². The van der Waals surface area contributed by atoms with Crippen LogP contribution in [0.15, 0.2) is 303 Å². The Morgan fingerprint density at radius 1 is 0.277 bits per heavy atom. The number of anilines is 3. The molecule has 390 valence electrons. The van der Waals surface area contributed by atoms with E-state index in [2.05, 4.69) is 302 Å². The number of rotatable bonds is 7. The molecule has 3 nitrogen and oxygen atoms in total. The van der Waals surface area contributed by atoms with Crippen molar-refractivity contribution >= 4 is 28.2 Å². The first-order valence-corrected chi connectivity index (χ1v) is 28.9. The van der Waals surface area contributed by atoms with Crippen molar-refractivity contribution in [2.45, 2.75) is 23.7 Å². The fourth-order valence-electron chi connectivity index (χ4n) is 14.9. The summed E-state index contributed by atoms with van der Waals surface area (Å²) in [6, 6.07) is 107. The number of hydrogen-bond donors (Lipinski definition) is 0. The molecule has 0 atom stereocenters. The van der Waals surface area contributed by atoms with Crippen molar-refractivity contribution in [2.24, 2.45) is 0 Å². The topological polar surface area (TPSA) is 21.7 Å². The van der Waals surface area contributed by atoms with Crippen molar-refractivity contribution < 1.29 is 9.47 Å². The van der Waals surface area contributed by atoms with Gasteiger partial charge in [0.15, 0.2) is 0 Å². The molecule has 0 aromatic heterocycles. The van der Waals surface area contributed by atoms with E-state index < -0.39 is 10.8 Å². The maximum absolute atomic E-state index is 6.69. The summed E-state index contributed by atoms with van der Waals surface area (Å²) in [6.45, 7) is 0. The van der Waals surface area contributed by atoms with Crippen LogP contribution in [0.3, 0.4) is 0 Å². The number of ether oxygens (including phenoxy) is 2. The predicted octanol–water partition coefficient (Wildman–Crippen LogP) is 20.7. The second-order valence-electron chi connectivity index (χ2n) is 22.5. The number of para-hydroxylation sites is 5. The minimum absolute atomic E-state index is 0.501. The van der Waals surface area contributed by atoms with E-state index in [1.807, 2.05) is 0 Å². The van der Waals surface area contributed by atoms with Gasteiger partial charge in [-0.3, -0.25) is 0 Å². The Labute approximate surface area is 484 Å². The van der Waals surface area contributed by atoms with Crippen molar-refractivity contribution in [1.29, 1.82) is 0 Å². The van der Waals surface area contributed by atoms with E-state index in [0.29, 0.717) is 0 Å². The van der Waals surface area contributed by atoms with Crippen LogP contribution < -0.4 is 14.4 Å². The second kappa shape index (κ2) is 18.5. The molecule has 3 aliphatic carbocycles. The molecular formula is C80H53NO2. The quantitative estimate of drug-likeness (QED) is 0.159. The van der Waals surface area contributed by atoms with Gasteiger partial charge in [-0.25, -0.2) is 0 Å². The highest BCUT2D eigenvalue weighted by atomic mass is 16.5. The van der Waals surface area contributed by atoms with Crippen molar-refractivity contribution in [2.75, 3.05) is 4.90 Å². The average molecular weight is 1060 g/mol. The molecule has 17 rings (SSSR count). The average Bonchev–Trinajstić information content (AvgIpc) is 1.77. The van der Waals surface area contributed by atoms with Gasteiger partial charge in [0.1, 0.15) is 23.0 Å². The lowest BCUT2D eigenvalue weighted by molar-refractivity contribution is 0.435. The molecule has 0 amide bonds. The Morgan fingerprint density at radius 3 is 1.39 bits per heavy atom. The van der Waals surface area contributed by atoms with Crippen molar-refractivity contribution in [3.8, 4) is 67.5 Å². The van der Waals surface area contributed by atoms with Gasteiger partial charge in [-0.2, -0.15) is 0 Å². The standard InChI is InChI=1S/C80H53NO2/c1-2-19-52(20-3-1)53-37-39-55(40-38-53)61-23-6-13-32-74(61)81(59-45-41-54(42-46-59)58-43-47-64-62-24-4-7-26-66(62)80(73(64)51-58)71-30-11-16-35-77(71)83-78-36-17-12-31-72(78)80)60-22-18-21-56(49-60)57-44-48-68-65(50-57)63-25-5-8-27-67(63)79(68)69-28-9-14-33-75(69)82-76-34-15-10-29-70(76)79/h1-42,44-46,48-51H,43,47H2. The van der Waals surface area contributed by atoms with Crippen LogP contribution in [0.2, 0.25) is 0 Å². The van der Waals surface area contributed by atoms with E-state index in [9.17, 15) is 0 Å². The highest BCUT2D eigenvalue weighted by Gasteiger charge is 2.53. The van der Waals surface area contributed by atoms with Crippen LogP contribution in [0.1, 0.15) is 62.9 Å². The zero-order valence-electron chi connectivity index (χ0n) is 45.5. The van der Waals surface area contributed by atoms with Crippen LogP contribution in [0, 0.1) is 0 Å². The molecule has 0 N–H and O–H groups in total. The third-order valence-electron chi connectivity index (χ3n) is 18.4. The summed E-state index contributed by atoms with van der Waals surface area (Å²) in [5.74, 6) is 3.62. The molecule has 0 bridgehead atoms.